The molecule has 0 N–H and O–H groups in total. The summed E-state index contributed by atoms with van der Waals surface area (Å²) in [7, 11) is 0. The summed E-state index contributed by atoms with van der Waals surface area (Å²) in [5.74, 6) is 1.74. The molecule has 8 aliphatic rings. The van der Waals surface area contributed by atoms with E-state index in [9.17, 15) is 0 Å². The van der Waals surface area contributed by atoms with E-state index in [0.29, 0.717) is 0 Å². The highest BCUT2D eigenvalue weighted by atomic mass is 32.2. The number of benzene rings is 13. The second-order valence-electron chi connectivity index (χ2n) is 31.3. The molecule has 11 atom stereocenters. The lowest BCUT2D eigenvalue weighted by Crippen LogP contribution is -2.68. The molecule has 13 aromatic carbocycles. The summed E-state index contributed by atoms with van der Waals surface area (Å²) in [6, 6.07) is 133. The molecule has 4 aliphatic heterocycles. The Bertz CT molecular complexity index is 5590. The lowest BCUT2D eigenvalue weighted by molar-refractivity contribution is 0.120. The number of nitrogens with zero attached hydrogens (tertiary/aromatic N) is 4. The summed E-state index contributed by atoms with van der Waals surface area (Å²) in [6.45, 7) is 0.262. The Morgan fingerprint density at radius 2 is 0.973 bits per heavy atom. The predicted molar refractivity (Wildman–Crippen MR) is 464 cm³/mol. The monoisotopic (exact) mass is 1430 g/mol. The molecule has 2 saturated heterocycles. The first kappa shape index (κ1) is 66.5. The van der Waals surface area contributed by atoms with E-state index in [1.165, 1.54) is 117 Å². The van der Waals surface area contributed by atoms with E-state index in [2.05, 4.69) is 414 Å². The number of hydrogen-bond acceptors (Lipinski definition) is 6. The molecule has 0 spiro atoms. The van der Waals surface area contributed by atoms with Gasteiger partial charge in [-0.15, -0.1) is 0 Å². The third-order valence-electron chi connectivity index (χ3n) is 25.5. The molecule has 5 nitrogen and oxygen atoms in total. The zero-order valence-electron chi connectivity index (χ0n) is 61.5. The maximum atomic E-state index is 7.92. The Labute approximate surface area is 652 Å². The van der Waals surface area contributed by atoms with Gasteiger partial charge in [-0.05, 0) is 154 Å². The molecule has 0 aromatic heterocycles. The topological polar surface area (TPSA) is 22.2 Å². The normalized spacial score (nSPS) is 23.1. The van der Waals surface area contributed by atoms with E-state index in [0.717, 1.165) is 43.5 Å². The van der Waals surface area contributed by atoms with Crippen molar-refractivity contribution in [1.82, 2.24) is 0 Å². The van der Waals surface area contributed by atoms with Crippen molar-refractivity contribution in [3.8, 4) is 61.4 Å². The van der Waals surface area contributed by atoms with Crippen LogP contribution in [0.4, 0.5) is 34.1 Å². The van der Waals surface area contributed by atoms with Gasteiger partial charge in [-0.2, -0.15) is 11.8 Å². The van der Waals surface area contributed by atoms with Crippen molar-refractivity contribution in [2.45, 2.75) is 96.2 Å². The number of rotatable bonds is 14. The third-order valence-corrected chi connectivity index (χ3v) is 27.1. The smallest absolute Gasteiger partial charge is 0.225 e. The van der Waals surface area contributed by atoms with Crippen LogP contribution in [0.2, 0.25) is 17.5 Å². The van der Waals surface area contributed by atoms with Crippen LogP contribution in [0, 0.1) is 0 Å². The third kappa shape index (κ3) is 11.6. The lowest BCUT2D eigenvalue weighted by Gasteiger charge is -2.61. The van der Waals surface area contributed by atoms with Gasteiger partial charge in [0.1, 0.15) is 5.75 Å². The minimum Gasteiger partial charge on any atom is -0.491 e. The molecule has 4 heterocycles. The summed E-state index contributed by atoms with van der Waals surface area (Å²) in [6.07, 6.45) is 18.1. The molecule has 21 rings (SSSR count). The first-order chi connectivity index (χ1) is 54.6. The van der Waals surface area contributed by atoms with Crippen LogP contribution < -0.4 is 35.3 Å². The van der Waals surface area contributed by atoms with Crippen LogP contribution in [0.1, 0.15) is 43.6 Å². The molecule has 530 valence electrons. The number of hydrogen-bond donors (Lipinski definition) is 0. The summed E-state index contributed by atoms with van der Waals surface area (Å²) in [5, 5.41) is 0.324. The van der Waals surface area contributed by atoms with Gasteiger partial charge in [0.25, 0.3) is 0 Å². The molecule has 0 amide bonds. The largest absolute Gasteiger partial charge is 0.491 e. The van der Waals surface area contributed by atoms with Crippen LogP contribution in [-0.2, 0) is 0 Å². The Morgan fingerprint density at radius 3 is 1.63 bits per heavy atom. The number of ether oxygens (including phenoxy) is 1. The standard InChI is InChI=1S/C102H84B2N4OS/c1-8-31-69(32-9-1)71-55-59-78(60-56-71)105(90-51-26-22-45-82(90)73-35-12-3-13-36-73)80-63-94-100-97(65-80)109-96-54-29-25-50-87(96)104(100)88-67-89-98(68-93(88)108(94)102-84(75-39-16-5-17-40-75)47-30-48-85(102)76-41-18-6-19-42-76)110-99-66-81(64-95-101(99)103(89)86-49-24-28-53-92(86)107(95)77-43-20-7-21-44-77)106(79-61-57-72(58-62-79)70-33-10-2-11-34-70)91-52-27-23-46-83(91)74-37-14-4-15-38-74/h1-25,27-50,52-62,64,67-68,80,82,89-90,94-95,97-101H,26,51,63,65-66H2. The summed E-state index contributed by atoms with van der Waals surface area (Å²) < 4.78 is 7.92. The molecule has 0 radical (unpaired) electrons. The number of anilines is 6. The predicted octanol–water partition coefficient (Wildman–Crippen LogP) is 23.6. The van der Waals surface area contributed by atoms with Crippen LogP contribution in [0.15, 0.2) is 399 Å². The molecule has 3 fully saturated rings. The van der Waals surface area contributed by atoms with Gasteiger partial charge >= 0.3 is 0 Å². The zero-order valence-corrected chi connectivity index (χ0v) is 62.3. The SMILES string of the molecule is C1=CC(c2ccccc2)C(N(c2ccc(-c3ccccc3)cc2)C2CC3Oc4ccccc4B4C5=CC6B7c8ccccc8N(c8ccccc8)C8C=C(N(c9ccc(-c%10ccccc%10)cc9)c9ccccc9-c9ccccc9)CC(SC6C=C5N(c5c(-c6ccccc6)cccc5-c5ccccc5)C(C2)C43)C78)CC1. The molecule has 110 heavy (non-hydrogen) atoms. The van der Waals surface area contributed by atoms with Gasteiger partial charge in [-0.3, -0.25) is 0 Å². The van der Waals surface area contributed by atoms with Gasteiger partial charge < -0.3 is 24.3 Å². The quantitative estimate of drug-likeness (QED) is 0.0794. The highest BCUT2D eigenvalue weighted by molar-refractivity contribution is 8.01. The fourth-order valence-electron chi connectivity index (χ4n) is 21.1. The fraction of sp³-hybridized carbons (Fsp3) is 0.157. The van der Waals surface area contributed by atoms with Gasteiger partial charge in [0.15, 0.2) is 6.71 Å². The highest BCUT2D eigenvalue weighted by Crippen LogP contribution is 2.63. The molecule has 4 aliphatic carbocycles. The highest BCUT2D eigenvalue weighted by Gasteiger charge is 2.62. The van der Waals surface area contributed by atoms with Crippen molar-refractivity contribution in [2.24, 2.45) is 0 Å². The van der Waals surface area contributed by atoms with Crippen LogP contribution in [0.3, 0.4) is 0 Å². The fourth-order valence-corrected chi connectivity index (χ4v) is 22.9. The average molecular weight is 1440 g/mol. The van der Waals surface area contributed by atoms with Gasteiger partial charge in [0, 0.05) is 97.6 Å². The minimum absolute atomic E-state index is 0.000994. The summed E-state index contributed by atoms with van der Waals surface area (Å²) in [4.78, 5) is 11.3. The molecule has 0 bridgehead atoms. The van der Waals surface area contributed by atoms with E-state index in [4.69, 9.17) is 4.74 Å². The van der Waals surface area contributed by atoms with E-state index in [1.54, 1.807) is 0 Å². The van der Waals surface area contributed by atoms with E-state index in [1.807, 2.05) is 0 Å². The van der Waals surface area contributed by atoms with Gasteiger partial charge in [-0.25, -0.2) is 0 Å². The van der Waals surface area contributed by atoms with E-state index in [-0.39, 0.29) is 77.6 Å². The van der Waals surface area contributed by atoms with Crippen LogP contribution >= 0.6 is 11.8 Å². The maximum absolute atomic E-state index is 7.92. The molecule has 8 heteroatoms. The van der Waals surface area contributed by atoms with Crippen molar-refractivity contribution in [2.75, 3.05) is 19.6 Å². The molecular formula is C102H84B2N4OS. The Balaban J connectivity index is 0.780. The molecule has 13 aromatic rings. The van der Waals surface area contributed by atoms with Crippen molar-refractivity contribution in [3.05, 3.63) is 405 Å². The Morgan fingerprint density at radius 1 is 0.436 bits per heavy atom. The van der Waals surface area contributed by atoms with Crippen molar-refractivity contribution >= 4 is 70.2 Å². The number of allylic oxidation sites excluding steroid dienone is 4. The maximum Gasteiger partial charge on any atom is 0.225 e. The second kappa shape index (κ2) is 28.4. The Hall–Kier alpha value is -11.7. The van der Waals surface area contributed by atoms with Gasteiger partial charge in [-0.1, -0.05) is 326 Å². The zero-order chi connectivity index (χ0) is 72.6. The summed E-state index contributed by atoms with van der Waals surface area (Å²) >= 11 is 2.27. The van der Waals surface area contributed by atoms with E-state index >= 15 is 0 Å². The number of thioether (sulfide) groups is 1. The number of fused-ring (bicyclic) bond motifs is 8. The van der Waals surface area contributed by atoms with Gasteiger partial charge in [0.2, 0.25) is 6.71 Å². The van der Waals surface area contributed by atoms with Crippen LogP contribution in [0.25, 0.3) is 55.6 Å². The first-order valence-electron chi connectivity index (χ1n) is 39.9. The lowest BCUT2D eigenvalue weighted by atomic mass is 9.23. The van der Waals surface area contributed by atoms with Crippen LogP contribution in [-0.4, -0.2) is 54.2 Å². The van der Waals surface area contributed by atoms with Crippen molar-refractivity contribution < 1.29 is 4.74 Å². The van der Waals surface area contributed by atoms with Crippen molar-refractivity contribution in [3.63, 3.8) is 0 Å². The first-order valence-corrected chi connectivity index (χ1v) is 40.8. The average Bonchev–Trinajstić information content (AvgIpc) is 0.679. The Kier molecular flexibility index (Phi) is 17.2. The minimum atomic E-state index is -0.110. The molecular weight excluding hydrogens is 1350 g/mol. The summed E-state index contributed by atoms with van der Waals surface area (Å²) in [5.41, 5.74) is 27.9. The van der Waals surface area contributed by atoms with Gasteiger partial charge in [0.05, 0.1) is 23.5 Å². The van der Waals surface area contributed by atoms with Crippen molar-refractivity contribution in [1.29, 1.82) is 0 Å². The number of para-hydroxylation sites is 5. The molecule has 11 unspecified atom stereocenters. The van der Waals surface area contributed by atoms with E-state index < -0.39 is 0 Å². The van der Waals surface area contributed by atoms with Crippen LogP contribution in [0.5, 0.6) is 5.75 Å². The molecule has 1 saturated carbocycles. The second-order valence-corrected chi connectivity index (χ2v) is 32.7.